The molecule has 0 bridgehead atoms. The summed E-state index contributed by atoms with van der Waals surface area (Å²) in [7, 11) is 0. The third-order valence-corrected chi connectivity index (χ3v) is 6.84. The van der Waals surface area contributed by atoms with E-state index in [1.54, 1.807) is 5.51 Å². The van der Waals surface area contributed by atoms with Crippen LogP contribution in [0.5, 0.6) is 5.75 Å². The van der Waals surface area contributed by atoms with Crippen LogP contribution in [0.25, 0.3) is 0 Å². The predicted octanol–water partition coefficient (Wildman–Crippen LogP) is 4.97. The zero-order valence-electron chi connectivity index (χ0n) is 18.7. The lowest BCUT2D eigenvalue weighted by atomic mass is 9.83. The first-order chi connectivity index (χ1) is 16.7. The van der Waals surface area contributed by atoms with Gasteiger partial charge in [0.05, 0.1) is 30.3 Å². The van der Waals surface area contributed by atoms with E-state index in [0.717, 1.165) is 33.7 Å². The van der Waals surface area contributed by atoms with Crippen LogP contribution in [-0.4, -0.2) is 34.0 Å². The molecule has 172 valence electrons. The molecular formula is C28H26N2O3S. The molecule has 4 aromatic rings. The largest absolute Gasteiger partial charge is 0.491 e. The highest BCUT2D eigenvalue weighted by molar-refractivity contribution is 7.07. The van der Waals surface area contributed by atoms with Crippen molar-refractivity contribution >= 4 is 17.2 Å². The van der Waals surface area contributed by atoms with Gasteiger partial charge in [0.1, 0.15) is 12.4 Å². The summed E-state index contributed by atoms with van der Waals surface area (Å²) in [6.07, 6.45) is -0.469. The van der Waals surface area contributed by atoms with Gasteiger partial charge in [-0.2, -0.15) is 0 Å². The van der Waals surface area contributed by atoms with E-state index in [4.69, 9.17) is 4.74 Å². The van der Waals surface area contributed by atoms with Crippen LogP contribution in [0.1, 0.15) is 40.0 Å². The molecule has 0 saturated heterocycles. The predicted molar refractivity (Wildman–Crippen MR) is 133 cm³/mol. The average molecular weight is 471 g/mol. The highest BCUT2D eigenvalue weighted by Gasteiger charge is 2.27. The Bertz CT molecular complexity index is 1190. The summed E-state index contributed by atoms with van der Waals surface area (Å²) in [6, 6.07) is 26.0. The number of carbonyl (C=O) groups excluding carboxylic acids is 1. The Kier molecular flexibility index (Phi) is 6.70. The van der Waals surface area contributed by atoms with Crippen LogP contribution in [0, 0.1) is 0 Å². The molecule has 5 rings (SSSR count). The average Bonchev–Trinajstić information content (AvgIpc) is 3.29. The Morgan fingerprint density at radius 1 is 1.00 bits per heavy atom. The second kappa shape index (κ2) is 10.2. The Hall–Kier alpha value is -3.48. The van der Waals surface area contributed by atoms with Crippen LogP contribution in [0.3, 0.4) is 0 Å². The SMILES string of the molecule is O=C(Cc1cscn1)N1CCOc2ccc(C(O)C(c3ccccc3)c3ccccc3)cc2C1. The van der Waals surface area contributed by atoms with E-state index in [2.05, 4.69) is 4.98 Å². The summed E-state index contributed by atoms with van der Waals surface area (Å²) in [4.78, 5) is 19.0. The molecule has 5 nitrogen and oxygen atoms in total. The maximum Gasteiger partial charge on any atom is 0.229 e. The molecule has 0 radical (unpaired) electrons. The number of amides is 1. The molecule has 1 unspecified atom stereocenters. The first kappa shape index (κ1) is 22.3. The van der Waals surface area contributed by atoms with Crippen LogP contribution in [-0.2, 0) is 17.8 Å². The van der Waals surface area contributed by atoms with E-state index >= 15 is 0 Å². The quantitative estimate of drug-likeness (QED) is 0.432. The molecule has 0 spiro atoms. The molecule has 2 heterocycles. The topological polar surface area (TPSA) is 62.7 Å². The van der Waals surface area contributed by atoms with E-state index in [1.807, 2.05) is 89.1 Å². The summed E-state index contributed by atoms with van der Waals surface area (Å²) in [5.41, 5.74) is 6.33. The van der Waals surface area contributed by atoms with Crippen molar-refractivity contribution in [2.45, 2.75) is 25.0 Å². The third-order valence-electron chi connectivity index (χ3n) is 6.21. The number of carbonyl (C=O) groups is 1. The Morgan fingerprint density at radius 3 is 2.35 bits per heavy atom. The molecule has 0 saturated carbocycles. The van der Waals surface area contributed by atoms with Gasteiger partial charge in [0.2, 0.25) is 5.91 Å². The summed E-state index contributed by atoms with van der Waals surface area (Å²) in [5, 5.41) is 13.5. The van der Waals surface area contributed by atoms with Gasteiger partial charge in [-0.15, -0.1) is 11.3 Å². The first-order valence-electron chi connectivity index (χ1n) is 11.4. The van der Waals surface area contributed by atoms with E-state index in [1.165, 1.54) is 11.3 Å². The van der Waals surface area contributed by atoms with Crippen molar-refractivity contribution < 1.29 is 14.6 Å². The monoisotopic (exact) mass is 470 g/mol. The fourth-order valence-electron chi connectivity index (χ4n) is 4.47. The first-order valence-corrected chi connectivity index (χ1v) is 12.3. The van der Waals surface area contributed by atoms with Crippen molar-refractivity contribution in [3.8, 4) is 5.75 Å². The van der Waals surface area contributed by atoms with Gasteiger partial charge in [-0.1, -0.05) is 66.7 Å². The maximum atomic E-state index is 12.9. The van der Waals surface area contributed by atoms with E-state index < -0.39 is 6.10 Å². The second-order valence-corrected chi connectivity index (χ2v) is 9.15. The molecule has 6 heteroatoms. The highest BCUT2D eigenvalue weighted by atomic mass is 32.1. The lowest BCUT2D eigenvalue weighted by molar-refractivity contribution is -0.131. The van der Waals surface area contributed by atoms with Crippen molar-refractivity contribution in [3.05, 3.63) is 118 Å². The van der Waals surface area contributed by atoms with Crippen LogP contribution >= 0.6 is 11.3 Å². The summed E-state index contributed by atoms with van der Waals surface area (Å²) < 4.78 is 5.94. The van der Waals surface area contributed by atoms with Crippen molar-refractivity contribution in [1.82, 2.24) is 9.88 Å². The standard InChI is InChI=1S/C28H26N2O3S/c31-26(16-24-18-34-19-29-24)30-13-14-33-25-12-11-22(15-23(25)17-30)28(32)27(20-7-3-1-4-8-20)21-9-5-2-6-10-21/h1-12,15,18-19,27-28,32H,13-14,16-17H2. The number of aromatic nitrogens is 1. The van der Waals surface area contributed by atoms with Crippen LogP contribution in [0.4, 0.5) is 0 Å². The Morgan fingerprint density at radius 2 is 1.71 bits per heavy atom. The van der Waals surface area contributed by atoms with Gasteiger partial charge in [-0.25, -0.2) is 4.98 Å². The molecule has 34 heavy (non-hydrogen) atoms. The van der Waals surface area contributed by atoms with Gasteiger partial charge in [0.15, 0.2) is 0 Å². The minimum atomic E-state index is -0.752. The van der Waals surface area contributed by atoms with Crippen LogP contribution in [0.2, 0.25) is 0 Å². The fourth-order valence-corrected chi connectivity index (χ4v) is 5.03. The van der Waals surface area contributed by atoms with E-state index in [9.17, 15) is 9.90 Å². The van der Waals surface area contributed by atoms with Gasteiger partial charge in [0.25, 0.3) is 0 Å². The van der Waals surface area contributed by atoms with Crippen molar-refractivity contribution in [2.75, 3.05) is 13.2 Å². The van der Waals surface area contributed by atoms with E-state index in [-0.39, 0.29) is 18.2 Å². The second-order valence-electron chi connectivity index (χ2n) is 8.43. The van der Waals surface area contributed by atoms with Crippen molar-refractivity contribution in [1.29, 1.82) is 0 Å². The molecule has 1 aliphatic rings. The molecule has 1 N–H and O–H groups in total. The molecule has 0 fully saturated rings. The molecule has 1 atom stereocenters. The van der Waals surface area contributed by atoms with Crippen LogP contribution in [0.15, 0.2) is 89.8 Å². The zero-order chi connectivity index (χ0) is 23.3. The number of ether oxygens (including phenoxy) is 1. The highest BCUT2D eigenvalue weighted by Crippen LogP contribution is 2.38. The lowest BCUT2D eigenvalue weighted by Crippen LogP contribution is -2.33. The van der Waals surface area contributed by atoms with Crippen molar-refractivity contribution in [3.63, 3.8) is 0 Å². The number of benzene rings is 3. The number of fused-ring (bicyclic) bond motifs is 1. The van der Waals surface area contributed by atoms with Crippen molar-refractivity contribution in [2.24, 2.45) is 0 Å². The number of nitrogens with zero attached hydrogens (tertiary/aromatic N) is 2. The van der Waals surface area contributed by atoms with Gasteiger partial charge in [0, 0.05) is 23.4 Å². The third kappa shape index (κ3) is 4.88. The number of aliphatic hydroxyl groups excluding tert-OH is 1. The zero-order valence-corrected chi connectivity index (χ0v) is 19.5. The summed E-state index contributed by atoms with van der Waals surface area (Å²) >= 11 is 1.49. The fraction of sp³-hybridized carbons (Fsp3) is 0.214. The normalized spacial score (nSPS) is 14.2. The molecular weight excluding hydrogens is 444 g/mol. The smallest absolute Gasteiger partial charge is 0.229 e. The maximum absolute atomic E-state index is 12.9. The van der Waals surface area contributed by atoms with Gasteiger partial charge in [-0.3, -0.25) is 4.79 Å². The van der Waals surface area contributed by atoms with Gasteiger partial charge < -0.3 is 14.7 Å². The number of hydrogen-bond donors (Lipinski definition) is 1. The lowest BCUT2D eigenvalue weighted by Gasteiger charge is -2.25. The molecule has 1 amide bonds. The molecule has 3 aromatic carbocycles. The molecule has 1 aromatic heterocycles. The number of hydrogen-bond acceptors (Lipinski definition) is 5. The Labute approximate surface area is 203 Å². The summed E-state index contributed by atoms with van der Waals surface area (Å²) in [5.74, 6) is 0.574. The minimum absolute atomic E-state index is 0.0275. The van der Waals surface area contributed by atoms with Gasteiger partial charge in [-0.05, 0) is 28.8 Å². The molecule has 0 aliphatic carbocycles. The molecule has 1 aliphatic heterocycles. The minimum Gasteiger partial charge on any atom is -0.491 e. The number of thiazole rings is 1. The van der Waals surface area contributed by atoms with E-state index in [0.29, 0.717) is 19.7 Å². The number of aliphatic hydroxyl groups is 1. The number of rotatable bonds is 6. The summed E-state index contributed by atoms with van der Waals surface area (Å²) in [6.45, 7) is 1.40. The Balaban J connectivity index is 1.43. The van der Waals surface area contributed by atoms with Gasteiger partial charge >= 0.3 is 0 Å². The van der Waals surface area contributed by atoms with Crippen LogP contribution < -0.4 is 4.74 Å².